The molecule has 15 heavy (non-hydrogen) atoms. The second kappa shape index (κ2) is 6.03. The van der Waals surface area contributed by atoms with Crippen molar-refractivity contribution < 1.29 is 4.79 Å². The maximum absolute atomic E-state index is 11.2. The standard InChI is InChI=1S/C11H17N3O/c1-3-13-11(15)14-10-6-4-5-9(7-10)8-12-2/h4-7,12H,3,8H2,1-2H3,(H2,13,14,15). The highest BCUT2D eigenvalue weighted by molar-refractivity contribution is 5.89. The van der Waals surface area contributed by atoms with Crippen LogP contribution in [0.15, 0.2) is 24.3 Å². The van der Waals surface area contributed by atoms with E-state index in [1.807, 2.05) is 38.2 Å². The quantitative estimate of drug-likeness (QED) is 0.701. The molecule has 0 bridgehead atoms. The molecule has 82 valence electrons. The van der Waals surface area contributed by atoms with Gasteiger partial charge in [-0.1, -0.05) is 12.1 Å². The van der Waals surface area contributed by atoms with Crippen LogP contribution in [0.1, 0.15) is 12.5 Å². The van der Waals surface area contributed by atoms with Crippen LogP contribution in [0.5, 0.6) is 0 Å². The summed E-state index contributed by atoms with van der Waals surface area (Å²) in [4.78, 5) is 11.2. The van der Waals surface area contributed by atoms with Crippen molar-refractivity contribution in [3.8, 4) is 0 Å². The molecule has 0 aliphatic rings. The number of carbonyl (C=O) groups is 1. The lowest BCUT2D eigenvalue weighted by atomic mass is 10.2. The molecule has 1 aromatic rings. The molecule has 0 atom stereocenters. The van der Waals surface area contributed by atoms with Crippen LogP contribution in [0.3, 0.4) is 0 Å². The first kappa shape index (κ1) is 11.5. The Bertz CT molecular complexity index is 325. The zero-order chi connectivity index (χ0) is 11.1. The maximum Gasteiger partial charge on any atom is 0.319 e. The largest absolute Gasteiger partial charge is 0.338 e. The summed E-state index contributed by atoms with van der Waals surface area (Å²) < 4.78 is 0. The average Bonchev–Trinajstić information content (AvgIpc) is 2.19. The van der Waals surface area contributed by atoms with E-state index in [0.717, 1.165) is 17.8 Å². The molecule has 4 heteroatoms. The molecule has 0 saturated carbocycles. The van der Waals surface area contributed by atoms with E-state index in [0.29, 0.717) is 6.54 Å². The van der Waals surface area contributed by atoms with Gasteiger partial charge in [0.05, 0.1) is 0 Å². The van der Waals surface area contributed by atoms with E-state index in [1.165, 1.54) is 0 Å². The SMILES string of the molecule is CCNC(=O)Nc1cccc(CNC)c1. The molecular formula is C11H17N3O. The highest BCUT2D eigenvalue weighted by atomic mass is 16.2. The second-order valence-corrected chi connectivity index (χ2v) is 3.22. The highest BCUT2D eigenvalue weighted by Gasteiger charge is 1.99. The zero-order valence-corrected chi connectivity index (χ0v) is 9.13. The van der Waals surface area contributed by atoms with E-state index in [9.17, 15) is 4.79 Å². The lowest BCUT2D eigenvalue weighted by Crippen LogP contribution is -2.28. The van der Waals surface area contributed by atoms with E-state index in [2.05, 4.69) is 16.0 Å². The molecule has 0 heterocycles. The van der Waals surface area contributed by atoms with Gasteiger partial charge in [-0.2, -0.15) is 0 Å². The molecule has 0 aromatic heterocycles. The Morgan fingerprint density at radius 2 is 2.20 bits per heavy atom. The number of rotatable bonds is 4. The summed E-state index contributed by atoms with van der Waals surface area (Å²) in [6, 6.07) is 7.59. The normalized spacial score (nSPS) is 9.73. The van der Waals surface area contributed by atoms with Crippen molar-refractivity contribution in [1.29, 1.82) is 0 Å². The minimum Gasteiger partial charge on any atom is -0.338 e. The van der Waals surface area contributed by atoms with Crippen LogP contribution >= 0.6 is 0 Å². The fourth-order valence-corrected chi connectivity index (χ4v) is 1.30. The fraction of sp³-hybridized carbons (Fsp3) is 0.364. The highest BCUT2D eigenvalue weighted by Crippen LogP contribution is 2.09. The van der Waals surface area contributed by atoms with E-state index in [-0.39, 0.29) is 6.03 Å². The molecule has 0 unspecified atom stereocenters. The Morgan fingerprint density at radius 3 is 2.87 bits per heavy atom. The summed E-state index contributed by atoms with van der Waals surface area (Å²) in [5.41, 5.74) is 1.96. The van der Waals surface area contributed by atoms with Gasteiger partial charge < -0.3 is 16.0 Å². The number of nitrogens with one attached hydrogen (secondary N) is 3. The van der Waals surface area contributed by atoms with E-state index < -0.39 is 0 Å². The molecule has 0 aliphatic carbocycles. The average molecular weight is 207 g/mol. The van der Waals surface area contributed by atoms with Crippen molar-refractivity contribution in [1.82, 2.24) is 10.6 Å². The van der Waals surface area contributed by atoms with Gasteiger partial charge in [0.25, 0.3) is 0 Å². The fourth-order valence-electron chi connectivity index (χ4n) is 1.30. The molecule has 0 radical (unpaired) electrons. The first-order valence-corrected chi connectivity index (χ1v) is 5.04. The Labute approximate surface area is 90.1 Å². The molecule has 0 saturated heterocycles. The summed E-state index contributed by atoms with van der Waals surface area (Å²) in [6.07, 6.45) is 0. The van der Waals surface area contributed by atoms with Crippen molar-refractivity contribution in [3.63, 3.8) is 0 Å². The van der Waals surface area contributed by atoms with Gasteiger partial charge in [-0.05, 0) is 31.7 Å². The Balaban J connectivity index is 2.60. The van der Waals surface area contributed by atoms with Crippen molar-refractivity contribution in [2.45, 2.75) is 13.5 Å². The molecule has 0 aliphatic heterocycles. The number of carbonyl (C=O) groups excluding carboxylic acids is 1. The van der Waals surface area contributed by atoms with Gasteiger partial charge in [-0.25, -0.2) is 4.79 Å². The smallest absolute Gasteiger partial charge is 0.319 e. The molecule has 0 spiro atoms. The summed E-state index contributed by atoms with van der Waals surface area (Å²) >= 11 is 0. The lowest BCUT2D eigenvalue weighted by molar-refractivity contribution is 0.252. The number of amides is 2. The molecular weight excluding hydrogens is 190 g/mol. The van der Waals surface area contributed by atoms with Crippen LogP contribution in [-0.2, 0) is 6.54 Å². The van der Waals surface area contributed by atoms with Crippen LogP contribution in [-0.4, -0.2) is 19.6 Å². The third kappa shape index (κ3) is 3.99. The predicted octanol–water partition coefficient (Wildman–Crippen LogP) is 1.55. The first-order chi connectivity index (χ1) is 7.26. The van der Waals surface area contributed by atoms with Crippen LogP contribution < -0.4 is 16.0 Å². The van der Waals surface area contributed by atoms with Crippen LogP contribution in [0.2, 0.25) is 0 Å². The van der Waals surface area contributed by atoms with E-state index in [1.54, 1.807) is 0 Å². The van der Waals surface area contributed by atoms with Gasteiger partial charge in [0.15, 0.2) is 0 Å². The Hall–Kier alpha value is -1.55. The number of benzene rings is 1. The molecule has 1 rings (SSSR count). The maximum atomic E-state index is 11.2. The third-order valence-corrected chi connectivity index (χ3v) is 1.90. The van der Waals surface area contributed by atoms with Crippen LogP contribution in [0.4, 0.5) is 10.5 Å². The first-order valence-electron chi connectivity index (χ1n) is 5.04. The Kier molecular flexibility index (Phi) is 4.63. The van der Waals surface area contributed by atoms with E-state index in [4.69, 9.17) is 0 Å². The van der Waals surface area contributed by atoms with Gasteiger partial charge in [0.2, 0.25) is 0 Å². The number of anilines is 1. The lowest BCUT2D eigenvalue weighted by Gasteiger charge is -2.07. The monoisotopic (exact) mass is 207 g/mol. The van der Waals surface area contributed by atoms with Crippen molar-refractivity contribution in [3.05, 3.63) is 29.8 Å². The summed E-state index contributed by atoms with van der Waals surface area (Å²) in [5.74, 6) is 0. The minimum atomic E-state index is -0.167. The van der Waals surface area contributed by atoms with Gasteiger partial charge in [-0.3, -0.25) is 0 Å². The van der Waals surface area contributed by atoms with Gasteiger partial charge in [0, 0.05) is 18.8 Å². The Morgan fingerprint density at radius 1 is 1.40 bits per heavy atom. The number of hydrogen-bond donors (Lipinski definition) is 3. The molecule has 2 amide bonds. The van der Waals surface area contributed by atoms with Crippen LogP contribution in [0, 0.1) is 0 Å². The van der Waals surface area contributed by atoms with Gasteiger partial charge in [0.1, 0.15) is 0 Å². The van der Waals surface area contributed by atoms with Gasteiger partial charge >= 0.3 is 6.03 Å². The molecule has 1 aromatic carbocycles. The second-order valence-electron chi connectivity index (χ2n) is 3.22. The molecule has 0 fully saturated rings. The molecule has 3 N–H and O–H groups in total. The van der Waals surface area contributed by atoms with Crippen molar-refractivity contribution in [2.75, 3.05) is 18.9 Å². The van der Waals surface area contributed by atoms with E-state index >= 15 is 0 Å². The summed E-state index contributed by atoms with van der Waals surface area (Å²) in [7, 11) is 1.89. The van der Waals surface area contributed by atoms with Gasteiger partial charge in [-0.15, -0.1) is 0 Å². The number of hydrogen-bond acceptors (Lipinski definition) is 2. The zero-order valence-electron chi connectivity index (χ0n) is 9.13. The number of urea groups is 1. The third-order valence-electron chi connectivity index (χ3n) is 1.90. The molecule has 4 nitrogen and oxygen atoms in total. The summed E-state index contributed by atoms with van der Waals surface area (Å²) in [6.45, 7) is 3.31. The topological polar surface area (TPSA) is 53.2 Å². The van der Waals surface area contributed by atoms with Crippen molar-refractivity contribution >= 4 is 11.7 Å². The van der Waals surface area contributed by atoms with Crippen LogP contribution in [0.25, 0.3) is 0 Å². The van der Waals surface area contributed by atoms with Crippen molar-refractivity contribution in [2.24, 2.45) is 0 Å². The summed E-state index contributed by atoms with van der Waals surface area (Å²) in [5, 5.41) is 8.50. The minimum absolute atomic E-state index is 0.167. The predicted molar refractivity (Wildman–Crippen MR) is 61.9 cm³/mol.